The van der Waals surface area contributed by atoms with Crippen molar-refractivity contribution >= 4 is 22.9 Å². The zero-order valence-electron chi connectivity index (χ0n) is 9.11. The van der Waals surface area contributed by atoms with E-state index in [0.717, 1.165) is 11.6 Å². The molecule has 1 heterocycles. The topological polar surface area (TPSA) is 12.0 Å². The lowest BCUT2D eigenvalue weighted by atomic mass is 10.1. The molecule has 0 radical (unpaired) electrons. The summed E-state index contributed by atoms with van der Waals surface area (Å²) in [5.41, 5.74) is 1.26. The first-order valence-corrected chi connectivity index (χ1v) is 6.52. The average molecular weight is 252 g/mol. The van der Waals surface area contributed by atoms with Crippen LogP contribution in [-0.4, -0.2) is 0 Å². The number of hydrogen-bond acceptors (Lipinski definition) is 2. The average Bonchev–Trinajstić information content (AvgIpc) is 2.80. The molecule has 2 aromatic rings. The molecule has 1 aromatic carbocycles. The molecule has 0 saturated heterocycles. The number of hydrogen-bond donors (Lipinski definition) is 1. The second kappa shape index (κ2) is 5.48. The van der Waals surface area contributed by atoms with Gasteiger partial charge in [0.2, 0.25) is 0 Å². The summed E-state index contributed by atoms with van der Waals surface area (Å²) in [5.74, 6) is 0. The van der Waals surface area contributed by atoms with Crippen LogP contribution in [0.5, 0.6) is 0 Å². The largest absolute Gasteiger partial charge is 0.305 e. The summed E-state index contributed by atoms with van der Waals surface area (Å²) in [7, 11) is 0. The van der Waals surface area contributed by atoms with Crippen molar-refractivity contribution < 1.29 is 0 Å². The van der Waals surface area contributed by atoms with Crippen LogP contribution in [0.15, 0.2) is 41.8 Å². The van der Waals surface area contributed by atoms with Gasteiger partial charge in [-0.3, -0.25) is 0 Å². The predicted octanol–water partition coefficient (Wildman–Crippen LogP) is 4.25. The lowest BCUT2D eigenvalue weighted by Gasteiger charge is -2.13. The SMILES string of the molecule is C[C@@H](NCc1cccs1)c1ccc(Cl)cc1. The predicted molar refractivity (Wildman–Crippen MR) is 71.0 cm³/mol. The summed E-state index contributed by atoms with van der Waals surface area (Å²) < 4.78 is 0. The van der Waals surface area contributed by atoms with E-state index in [9.17, 15) is 0 Å². The van der Waals surface area contributed by atoms with Crippen LogP contribution >= 0.6 is 22.9 Å². The van der Waals surface area contributed by atoms with E-state index in [4.69, 9.17) is 11.6 Å². The molecule has 16 heavy (non-hydrogen) atoms. The Hall–Kier alpha value is -0.830. The van der Waals surface area contributed by atoms with Gasteiger partial charge in [0.25, 0.3) is 0 Å². The van der Waals surface area contributed by atoms with E-state index in [2.05, 4.69) is 41.9 Å². The van der Waals surface area contributed by atoms with Gasteiger partial charge in [0.15, 0.2) is 0 Å². The van der Waals surface area contributed by atoms with Crippen molar-refractivity contribution in [1.82, 2.24) is 5.32 Å². The highest BCUT2D eigenvalue weighted by Gasteiger charge is 2.04. The molecule has 2 rings (SSSR count). The van der Waals surface area contributed by atoms with Gasteiger partial charge in [0.1, 0.15) is 0 Å². The van der Waals surface area contributed by atoms with Crippen LogP contribution in [0, 0.1) is 0 Å². The molecule has 0 aliphatic heterocycles. The van der Waals surface area contributed by atoms with Crippen LogP contribution < -0.4 is 5.32 Å². The highest BCUT2D eigenvalue weighted by molar-refractivity contribution is 7.09. The Morgan fingerprint density at radius 1 is 1.25 bits per heavy atom. The van der Waals surface area contributed by atoms with E-state index in [0.29, 0.717) is 6.04 Å². The zero-order valence-corrected chi connectivity index (χ0v) is 10.7. The summed E-state index contributed by atoms with van der Waals surface area (Å²) in [4.78, 5) is 1.36. The summed E-state index contributed by atoms with van der Waals surface area (Å²) in [6.45, 7) is 3.08. The van der Waals surface area contributed by atoms with Gasteiger partial charge in [-0.2, -0.15) is 0 Å². The molecular weight excluding hydrogens is 238 g/mol. The number of halogens is 1. The molecule has 0 saturated carbocycles. The monoisotopic (exact) mass is 251 g/mol. The minimum absolute atomic E-state index is 0.347. The molecule has 1 aromatic heterocycles. The highest BCUT2D eigenvalue weighted by atomic mass is 35.5. The van der Waals surface area contributed by atoms with Gasteiger partial charge in [-0.15, -0.1) is 11.3 Å². The fraction of sp³-hybridized carbons (Fsp3) is 0.231. The van der Waals surface area contributed by atoms with Gasteiger partial charge in [-0.1, -0.05) is 29.8 Å². The third-order valence-electron chi connectivity index (χ3n) is 2.53. The minimum Gasteiger partial charge on any atom is -0.305 e. The first-order chi connectivity index (χ1) is 7.75. The van der Waals surface area contributed by atoms with E-state index >= 15 is 0 Å². The Balaban J connectivity index is 1.93. The van der Waals surface area contributed by atoms with Crippen LogP contribution in [-0.2, 0) is 6.54 Å². The lowest BCUT2D eigenvalue weighted by molar-refractivity contribution is 0.579. The lowest BCUT2D eigenvalue weighted by Crippen LogP contribution is -2.17. The fourth-order valence-electron chi connectivity index (χ4n) is 1.54. The molecule has 0 spiro atoms. The Morgan fingerprint density at radius 2 is 2.00 bits per heavy atom. The smallest absolute Gasteiger partial charge is 0.0406 e. The van der Waals surface area contributed by atoms with Gasteiger partial charge in [-0.05, 0) is 36.1 Å². The van der Waals surface area contributed by atoms with Gasteiger partial charge in [-0.25, -0.2) is 0 Å². The van der Waals surface area contributed by atoms with Crippen LogP contribution in [0.4, 0.5) is 0 Å². The summed E-state index contributed by atoms with van der Waals surface area (Å²) in [6.07, 6.45) is 0. The molecule has 0 bridgehead atoms. The van der Waals surface area contributed by atoms with E-state index in [1.54, 1.807) is 11.3 Å². The minimum atomic E-state index is 0.347. The second-order valence-corrected chi connectivity index (χ2v) is 5.20. The maximum Gasteiger partial charge on any atom is 0.0406 e. The number of rotatable bonds is 4. The van der Waals surface area contributed by atoms with E-state index in [1.165, 1.54) is 10.4 Å². The number of thiophene rings is 1. The Kier molecular flexibility index (Phi) is 3.99. The number of nitrogens with one attached hydrogen (secondary N) is 1. The van der Waals surface area contributed by atoms with Crippen LogP contribution in [0.25, 0.3) is 0 Å². The third-order valence-corrected chi connectivity index (χ3v) is 3.66. The Morgan fingerprint density at radius 3 is 2.62 bits per heavy atom. The zero-order chi connectivity index (χ0) is 11.4. The van der Waals surface area contributed by atoms with Crippen molar-refractivity contribution in [3.8, 4) is 0 Å². The molecule has 1 N–H and O–H groups in total. The van der Waals surface area contributed by atoms with Gasteiger partial charge in [0.05, 0.1) is 0 Å². The van der Waals surface area contributed by atoms with Crippen molar-refractivity contribution in [2.45, 2.75) is 19.5 Å². The summed E-state index contributed by atoms with van der Waals surface area (Å²) >= 11 is 7.63. The van der Waals surface area contributed by atoms with E-state index in [-0.39, 0.29) is 0 Å². The van der Waals surface area contributed by atoms with Gasteiger partial charge < -0.3 is 5.32 Å². The van der Waals surface area contributed by atoms with E-state index < -0.39 is 0 Å². The standard InChI is InChI=1S/C13H14ClNS/c1-10(11-4-6-12(14)7-5-11)15-9-13-3-2-8-16-13/h2-8,10,15H,9H2,1H3/t10-/m1/s1. The number of benzene rings is 1. The summed E-state index contributed by atoms with van der Waals surface area (Å²) in [5, 5.41) is 6.38. The molecule has 0 fully saturated rings. The first kappa shape index (κ1) is 11.6. The van der Waals surface area contributed by atoms with Crippen LogP contribution in [0.2, 0.25) is 5.02 Å². The van der Waals surface area contributed by atoms with Crippen LogP contribution in [0.1, 0.15) is 23.4 Å². The molecule has 1 atom stereocenters. The molecule has 0 unspecified atom stereocenters. The van der Waals surface area contributed by atoms with Gasteiger partial charge >= 0.3 is 0 Å². The fourth-order valence-corrected chi connectivity index (χ4v) is 2.32. The molecule has 0 amide bonds. The van der Waals surface area contributed by atoms with Crippen LogP contribution in [0.3, 0.4) is 0 Å². The molecule has 84 valence electrons. The highest BCUT2D eigenvalue weighted by Crippen LogP contribution is 2.17. The van der Waals surface area contributed by atoms with Crippen molar-refractivity contribution in [1.29, 1.82) is 0 Å². The van der Waals surface area contributed by atoms with Crippen molar-refractivity contribution in [2.75, 3.05) is 0 Å². The Bertz CT molecular complexity index is 422. The second-order valence-electron chi connectivity index (χ2n) is 3.73. The third kappa shape index (κ3) is 3.08. The van der Waals surface area contributed by atoms with Crippen molar-refractivity contribution in [3.63, 3.8) is 0 Å². The molecule has 0 aliphatic rings. The molecular formula is C13H14ClNS. The molecule has 0 aliphatic carbocycles. The normalized spacial score (nSPS) is 12.6. The first-order valence-electron chi connectivity index (χ1n) is 5.27. The Labute approximate surface area is 105 Å². The van der Waals surface area contributed by atoms with Gasteiger partial charge in [0, 0.05) is 22.5 Å². The van der Waals surface area contributed by atoms with E-state index in [1.807, 2.05) is 12.1 Å². The molecule has 1 nitrogen and oxygen atoms in total. The molecule has 3 heteroatoms. The quantitative estimate of drug-likeness (QED) is 0.857. The summed E-state index contributed by atoms with van der Waals surface area (Å²) in [6, 6.07) is 12.6. The maximum absolute atomic E-state index is 5.86. The van der Waals surface area contributed by atoms with Crippen molar-refractivity contribution in [2.24, 2.45) is 0 Å². The maximum atomic E-state index is 5.86. The van der Waals surface area contributed by atoms with Crippen molar-refractivity contribution in [3.05, 3.63) is 57.2 Å².